The van der Waals surface area contributed by atoms with Crippen LogP contribution in [0, 0.1) is 0 Å². The SMILES string of the molecule is CN(C)CCCN1CCN(c2ccc(Cc3cc(C(=O)N4CCCC4CN4CCCC4)c4cc(-c5ccc(O)c(O)c5)ccc4n3)cc2)CC1. The average Bonchev–Trinajstić information content (AvgIpc) is 3.82. The van der Waals surface area contributed by atoms with Gasteiger partial charge in [0.25, 0.3) is 5.91 Å². The van der Waals surface area contributed by atoms with Crippen LogP contribution in [0.2, 0.25) is 0 Å². The molecule has 1 unspecified atom stereocenters. The number of aromatic hydroxyl groups is 2. The van der Waals surface area contributed by atoms with E-state index < -0.39 is 0 Å². The molecule has 3 aliphatic heterocycles. The van der Waals surface area contributed by atoms with Crippen LogP contribution in [0.25, 0.3) is 22.0 Å². The highest BCUT2D eigenvalue weighted by molar-refractivity contribution is 6.07. The van der Waals surface area contributed by atoms with Gasteiger partial charge in [-0.25, -0.2) is 0 Å². The number of phenols is 2. The summed E-state index contributed by atoms with van der Waals surface area (Å²) in [5, 5.41) is 20.9. The molecule has 4 aromatic rings. The zero-order chi connectivity index (χ0) is 34.6. The fourth-order valence-electron chi connectivity index (χ4n) is 8.02. The number of phenolic OH excluding ortho intramolecular Hbond substituents is 2. The Morgan fingerprint density at radius 3 is 2.28 bits per heavy atom. The molecule has 1 atom stereocenters. The molecular weight excluding hydrogens is 624 g/mol. The highest BCUT2D eigenvalue weighted by Crippen LogP contribution is 2.34. The number of carbonyl (C=O) groups excluding carboxylic acids is 1. The van der Waals surface area contributed by atoms with E-state index in [4.69, 9.17) is 4.98 Å². The molecule has 3 saturated heterocycles. The van der Waals surface area contributed by atoms with Crippen LogP contribution in [0.5, 0.6) is 11.5 Å². The van der Waals surface area contributed by atoms with Gasteiger partial charge in [0.1, 0.15) is 0 Å². The fraction of sp³-hybridized carbons (Fsp3) is 0.463. The van der Waals surface area contributed by atoms with Crippen molar-refractivity contribution in [2.24, 2.45) is 0 Å². The minimum absolute atomic E-state index is 0.0715. The number of hydrogen-bond acceptors (Lipinski definition) is 8. The van der Waals surface area contributed by atoms with Crippen molar-refractivity contribution in [1.29, 1.82) is 0 Å². The van der Waals surface area contributed by atoms with Crippen LogP contribution in [0.4, 0.5) is 5.69 Å². The average molecular weight is 677 g/mol. The molecule has 0 saturated carbocycles. The Bertz CT molecular complexity index is 1780. The molecule has 9 heteroatoms. The van der Waals surface area contributed by atoms with Crippen molar-refractivity contribution >= 4 is 22.5 Å². The van der Waals surface area contributed by atoms with Crippen molar-refractivity contribution in [2.75, 3.05) is 84.4 Å². The van der Waals surface area contributed by atoms with E-state index in [1.54, 1.807) is 12.1 Å². The van der Waals surface area contributed by atoms with E-state index in [-0.39, 0.29) is 23.4 Å². The van der Waals surface area contributed by atoms with Crippen molar-refractivity contribution < 1.29 is 15.0 Å². The molecule has 3 aliphatic rings. The third kappa shape index (κ3) is 7.90. The quantitative estimate of drug-likeness (QED) is 0.197. The summed E-state index contributed by atoms with van der Waals surface area (Å²) in [4.78, 5) is 31.5. The molecule has 50 heavy (non-hydrogen) atoms. The number of hydrogen-bond donors (Lipinski definition) is 2. The molecule has 3 aromatic carbocycles. The van der Waals surface area contributed by atoms with Crippen LogP contribution in [-0.4, -0.2) is 126 Å². The molecule has 0 radical (unpaired) electrons. The van der Waals surface area contributed by atoms with Gasteiger partial charge in [-0.3, -0.25) is 14.7 Å². The maximum Gasteiger partial charge on any atom is 0.254 e. The number of piperazine rings is 1. The van der Waals surface area contributed by atoms with Crippen molar-refractivity contribution in [1.82, 2.24) is 24.6 Å². The van der Waals surface area contributed by atoms with Crippen LogP contribution in [0.15, 0.2) is 66.7 Å². The summed E-state index contributed by atoms with van der Waals surface area (Å²) in [7, 11) is 4.28. The third-order valence-electron chi connectivity index (χ3n) is 10.8. The highest BCUT2D eigenvalue weighted by atomic mass is 16.3. The number of carbonyl (C=O) groups is 1. The minimum Gasteiger partial charge on any atom is -0.504 e. The first-order chi connectivity index (χ1) is 24.3. The maximum absolute atomic E-state index is 14.5. The molecule has 1 amide bonds. The van der Waals surface area contributed by atoms with Gasteiger partial charge in [0.15, 0.2) is 11.5 Å². The largest absolute Gasteiger partial charge is 0.504 e. The molecule has 9 nitrogen and oxygen atoms in total. The van der Waals surface area contributed by atoms with Crippen LogP contribution in [0.1, 0.15) is 53.7 Å². The summed E-state index contributed by atoms with van der Waals surface area (Å²) in [5.74, 6) is -0.253. The molecule has 2 N–H and O–H groups in total. The molecule has 0 spiro atoms. The smallest absolute Gasteiger partial charge is 0.254 e. The topological polar surface area (TPSA) is 86.6 Å². The van der Waals surface area contributed by atoms with Gasteiger partial charge in [-0.1, -0.05) is 24.3 Å². The summed E-state index contributed by atoms with van der Waals surface area (Å²) in [6.07, 6.45) is 6.39. The van der Waals surface area contributed by atoms with Gasteiger partial charge in [0.2, 0.25) is 0 Å². The summed E-state index contributed by atoms with van der Waals surface area (Å²) in [5.41, 5.74) is 6.40. The number of amides is 1. The molecule has 0 aliphatic carbocycles. The maximum atomic E-state index is 14.5. The summed E-state index contributed by atoms with van der Waals surface area (Å²) >= 11 is 0. The predicted molar refractivity (Wildman–Crippen MR) is 201 cm³/mol. The second kappa shape index (κ2) is 15.4. The van der Waals surface area contributed by atoms with Gasteiger partial charge in [-0.05, 0) is 132 Å². The first-order valence-electron chi connectivity index (χ1n) is 18.5. The fourth-order valence-corrected chi connectivity index (χ4v) is 8.02. The number of benzene rings is 3. The number of nitrogens with zero attached hydrogens (tertiary/aromatic N) is 6. The van der Waals surface area contributed by atoms with E-state index in [1.807, 2.05) is 24.3 Å². The molecule has 7 rings (SSSR count). The van der Waals surface area contributed by atoms with E-state index in [1.165, 1.54) is 36.6 Å². The van der Waals surface area contributed by atoms with Crippen molar-refractivity contribution in [3.63, 3.8) is 0 Å². The lowest BCUT2D eigenvalue weighted by Gasteiger charge is -2.36. The van der Waals surface area contributed by atoms with Gasteiger partial charge in [-0.15, -0.1) is 0 Å². The minimum atomic E-state index is -0.168. The number of fused-ring (bicyclic) bond motifs is 1. The Hall–Kier alpha value is -4.18. The monoisotopic (exact) mass is 676 g/mol. The highest BCUT2D eigenvalue weighted by Gasteiger charge is 2.32. The van der Waals surface area contributed by atoms with Gasteiger partial charge >= 0.3 is 0 Å². The van der Waals surface area contributed by atoms with E-state index in [9.17, 15) is 15.0 Å². The van der Waals surface area contributed by atoms with Crippen LogP contribution in [0.3, 0.4) is 0 Å². The van der Waals surface area contributed by atoms with E-state index in [0.717, 1.165) is 106 Å². The lowest BCUT2D eigenvalue weighted by molar-refractivity contribution is 0.0710. The Morgan fingerprint density at radius 2 is 1.54 bits per heavy atom. The first-order valence-corrected chi connectivity index (χ1v) is 18.5. The van der Waals surface area contributed by atoms with Crippen LogP contribution >= 0.6 is 0 Å². The molecular formula is C41H52N6O3. The van der Waals surface area contributed by atoms with E-state index >= 15 is 0 Å². The normalized spacial score (nSPS) is 18.9. The first kappa shape index (κ1) is 34.3. The molecule has 264 valence electrons. The lowest BCUT2D eigenvalue weighted by Crippen LogP contribution is -2.46. The van der Waals surface area contributed by atoms with Crippen molar-refractivity contribution in [2.45, 2.75) is 44.6 Å². The number of anilines is 1. The van der Waals surface area contributed by atoms with Gasteiger partial charge in [-0.2, -0.15) is 0 Å². The zero-order valence-electron chi connectivity index (χ0n) is 29.7. The number of rotatable bonds is 11. The second-order valence-electron chi connectivity index (χ2n) is 14.7. The van der Waals surface area contributed by atoms with Gasteiger partial charge in [0.05, 0.1) is 11.1 Å². The Labute approximate surface area is 296 Å². The van der Waals surface area contributed by atoms with Crippen molar-refractivity contribution in [3.05, 3.63) is 83.6 Å². The zero-order valence-corrected chi connectivity index (χ0v) is 29.7. The molecule has 0 bridgehead atoms. The molecule has 3 fully saturated rings. The number of likely N-dealkylation sites (tertiary alicyclic amines) is 2. The standard InChI is InChI=1S/C41H52N6O3/c1-43(2)16-6-19-44-21-23-46(24-22-44)34-12-8-30(9-13-34)25-33-28-37(41(50)47-20-5-7-35(47)29-45-17-3-4-18-45)36-26-31(10-14-38(36)42-33)32-11-15-39(48)40(49)27-32/h8-15,26-28,35,48-49H,3-7,16-25,29H2,1-2H3. The van der Waals surface area contributed by atoms with E-state index in [2.05, 4.69) is 62.9 Å². The molecule has 1 aromatic heterocycles. The second-order valence-corrected chi connectivity index (χ2v) is 14.7. The summed E-state index contributed by atoms with van der Waals surface area (Å²) in [6.45, 7) is 10.5. The summed E-state index contributed by atoms with van der Waals surface area (Å²) < 4.78 is 0. The van der Waals surface area contributed by atoms with Crippen molar-refractivity contribution in [3.8, 4) is 22.6 Å². The van der Waals surface area contributed by atoms with E-state index in [0.29, 0.717) is 12.0 Å². The lowest BCUT2D eigenvalue weighted by atomic mass is 9.98. The Balaban J connectivity index is 1.12. The van der Waals surface area contributed by atoms with Gasteiger partial charge in [0, 0.05) is 68.5 Å². The number of pyridine rings is 1. The number of aromatic nitrogens is 1. The summed E-state index contributed by atoms with van der Waals surface area (Å²) in [6, 6.07) is 21.9. The predicted octanol–water partition coefficient (Wildman–Crippen LogP) is 5.68. The van der Waals surface area contributed by atoms with Crippen LogP contribution in [-0.2, 0) is 6.42 Å². The molecule has 4 heterocycles. The van der Waals surface area contributed by atoms with Crippen LogP contribution < -0.4 is 4.90 Å². The van der Waals surface area contributed by atoms with Gasteiger partial charge < -0.3 is 29.8 Å². The Morgan fingerprint density at radius 1 is 0.800 bits per heavy atom. The third-order valence-corrected chi connectivity index (χ3v) is 10.8. The Kier molecular flexibility index (Phi) is 10.5.